The highest BCUT2D eigenvalue weighted by Crippen LogP contribution is 2.42. The summed E-state index contributed by atoms with van der Waals surface area (Å²) >= 11 is 0. The van der Waals surface area contributed by atoms with Gasteiger partial charge in [0.25, 0.3) is 0 Å². The van der Waals surface area contributed by atoms with Crippen molar-refractivity contribution in [2.24, 2.45) is 23.7 Å². The Morgan fingerprint density at radius 3 is 2.17 bits per heavy atom. The van der Waals surface area contributed by atoms with Crippen molar-refractivity contribution in [2.45, 2.75) is 84.5 Å². The molecule has 3 heteroatoms. The van der Waals surface area contributed by atoms with Crippen molar-refractivity contribution in [3.63, 3.8) is 0 Å². The average molecular weight is 403 g/mol. The minimum absolute atomic E-state index is 0.0412. The average Bonchev–Trinajstić information content (AvgIpc) is 2.76. The molecule has 0 N–H and O–H groups in total. The van der Waals surface area contributed by atoms with Crippen LogP contribution in [0.15, 0.2) is 12.1 Å². The Bertz CT molecular complexity index is 701. The van der Waals surface area contributed by atoms with Crippen molar-refractivity contribution < 1.29 is 13.5 Å². The van der Waals surface area contributed by atoms with Crippen LogP contribution in [-0.2, 0) is 0 Å². The van der Waals surface area contributed by atoms with Gasteiger partial charge in [0.1, 0.15) is 0 Å². The molecule has 3 rings (SSSR count). The monoisotopic (exact) mass is 402 g/mol. The van der Waals surface area contributed by atoms with Gasteiger partial charge in [-0.1, -0.05) is 50.9 Å². The molecular weight excluding hydrogens is 366 g/mol. The fourth-order valence-electron chi connectivity index (χ4n) is 5.25. The van der Waals surface area contributed by atoms with Crippen molar-refractivity contribution in [1.29, 1.82) is 0 Å². The van der Waals surface area contributed by atoms with E-state index in [1.165, 1.54) is 69.9 Å². The van der Waals surface area contributed by atoms with Crippen LogP contribution in [0.2, 0.25) is 0 Å². The summed E-state index contributed by atoms with van der Waals surface area (Å²) < 4.78 is 33.3. The second-order valence-electron chi connectivity index (χ2n) is 8.98. The van der Waals surface area contributed by atoms with Crippen molar-refractivity contribution in [3.8, 4) is 17.6 Å². The van der Waals surface area contributed by atoms with E-state index in [9.17, 15) is 8.78 Å². The molecule has 0 saturated heterocycles. The Hall–Kier alpha value is -1.56. The Labute approximate surface area is 175 Å². The Kier molecular flexibility index (Phi) is 8.40. The van der Waals surface area contributed by atoms with E-state index in [4.69, 9.17) is 4.74 Å². The first-order chi connectivity index (χ1) is 14.1. The number of benzene rings is 1. The van der Waals surface area contributed by atoms with Crippen LogP contribution in [0.5, 0.6) is 5.75 Å². The maximum absolute atomic E-state index is 14.2. The van der Waals surface area contributed by atoms with Crippen LogP contribution in [0.25, 0.3) is 0 Å². The van der Waals surface area contributed by atoms with E-state index >= 15 is 0 Å². The van der Waals surface area contributed by atoms with Crippen molar-refractivity contribution in [3.05, 3.63) is 29.3 Å². The molecule has 160 valence electrons. The molecule has 2 fully saturated rings. The molecule has 0 unspecified atom stereocenters. The van der Waals surface area contributed by atoms with E-state index in [0.29, 0.717) is 12.5 Å². The third-order valence-electron chi connectivity index (χ3n) is 7.05. The molecule has 0 aliphatic heterocycles. The van der Waals surface area contributed by atoms with Gasteiger partial charge in [-0.2, -0.15) is 4.39 Å². The molecule has 0 spiro atoms. The van der Waals surface area contributed by atoms with Gasteiger partial charge in [-0.25, -0.2) is 4.39 Å². The smallest absolute Gasteiger partial charge is 0.201 e. The van der Waals surface area contributed by atoms with Crippen molar-refractivity contribution >= 4 is 0 Å². The molecule has 0 heterocycles. The van der Waals surface area contributed by atoms with Crippen LogP contribution in [0.1, 0.15) is 90.0 Å². The van der Waals surface area contributed by atoms with Crippen LogP contribution in [0.3, 0.4) is 0 Å². The molecule has 0 radical (unpaired) electrons. The lowest BCUT2D eigenvalue weighted by Crippen LogP contribution is -2.25. The van der Waals surface area contributed by atoms with Gasteiger partial charge in [0.15, 0.2) is 11.6 Å². The Balaban J connectivity index is 1.48. The number of unbranched alkanes of at least 4 members (excludes halogenated alkanes) is 1. The molecule has 0 bridgehead atoms. The van der Waals surface area contributed by atoms with E-state index in [2.05, 4.69) is 18.8 Å². The minimum Gasteiger partial charge on any atom is -0.491 e. The third kappa shape index (κ3) is 5.97. The quantitative estimate of drug-likeness (QED) is 0.447. The highest BCUT2D eigenvalue weighted by atomic mass is 19.2. The summed E-state index contributed by atoms with van der Waals surface area (Å²) in [6.45, 7) is 4.35. The van der Waals surface area contributed by atoms with Gasteiger partial charge >= 0.3 is 0 Å². The predicted molar refractivity (Wildman–Crippen MR) is 115 cm³/mol. The molecular formula is C26H36F2O. The summed E-state index contributed by atoms with van der Waals surface area (Å²) in [4.78, 5) is 0. The summed E-state index contributed by atoms with van der Waals surface area (Å²) in [6.07, 6.45) is 14.5. The first kappa shape index (κ1) is 22.1. The first-order valence-corrected chi connectivity index (χ1v) is 11.7. The van der Waals surface area contributed by atoms with Crippen LogP contribution in [0.4, 0.5) is 8.78 Å². The summed E-state index contributed by atoms with van der Waals surface area (Å²) in [7, 11) is 0. The zero-order valence-corrected chi connectivity index (χ0v) is 18.1. The zero-order chi connectivity index (χ0) is 20.6. The summed E-state index contributed by atoms with van der Waals surface area (Å²) in [5.41, 5.74) is 0.137. The number of hydrogen-bond donors (Lipinski definition) is 0. The summed E-state index contributed by atoms with van der Waals surface area (Å²) in [5.74, 6) is 7.27. The van der Waals surface area contributed by atoms with Crippen molar-refractivity contribution in [1.82, 2.24) is 0 Å². The highest BCUT2D eigenvalue weighted by Gasteiger charge is 2.30. The second-order valence-corrected chi connectivity index (χ2v) is 8.98. The second kappa shape index (κ2) is 11.0. The number of ether oxygens (including phenoxy) is 1. The van der Waals surface area contributed by atoms with Gasteiger partial charge in [-0.05, 0) is 75.3 Å². The molecule has 1 aromatic carbocycles. The molecule has 2 aliphatic rings. The molecule has 1 nitrogen and oxygen atoms in total. The fraction of sp³-hybridized carbons (Fsp3) is 0.692. The van der Waals surface area contributed by atoms with Crippen LogP contribution < -0.4 is 4.74 Å². The minimum atomic E-state index is -0.933. The summed E-state index contributed by atoms with van der Waals surface area (Å²) in [6, 6.07) is 3.00. The van der Waals surface area contributed by atoms with Gasteiger partial charge in [-0.15, -0.1) is 0 Å². The van der Waals surface area contributed by atoms with Gasteiger partial charge in [0.05, 0.1) is 12.2 Å². The maximum Gasteiger partial charge on any atom is 0.201 e. The first-order valence-electron chi connectivity index (χ1n) is 11.7. The SMILES string of the molecule is CCCCC1CCC(C2CCC(C#Cc3ccc(OCC)c(F)c3F)CC2)CC1. The van der Waals surface area contributed by atoms with E-state index in [1.54, 1.807) is 6.92 Å². The Morgan fingerprint density at radius 2 is 1.55 bits per heavy atom. The fourth-order valence-corrected chi connectivity index (χ4v) is 5.25. The van der Waals surface area contributed by atoms with E-state index in [1.807, 2.05) is 0 Å². The standard InChI is InChI=1S/C26H36F2O/c1-3-5-6-19-7-12-21(13-8-19)22-14-9-20(10-15-22)11-16-23-17-18-24(29-4-2)26(28)25(23)27/h17-22H,3-10,12-15H2,1-2H3. The lowest BCUT2D eigenvalue weighted by Gasteiger charge is -2.37. The van der Waals surface area contributed by atoms with Crippen LogP contribution >= 0.6 is 0 Å². The zero-order valence-electron chi connectivity index (χ0n) is 18.1. The van der Waals surface area contributed by atoms with E-state index in [0.717, 1.165) is 30.6 Å². The number of hydrogen-bond acceptors (Lipinski definition) is 1. The molecule has 2 saturated carbocycles. The van der Waals surface area contributed by atoms with Crippen LogP contribution in [-0.4, -0.2) is 6.61 Å². The van der Waals surface area contributed by atoms with E-state index < -0.39 is 11.6 Å². The lowest BCUT2D eigenvalue weighted by atomic mass is 9.69. The number of rotatable bonds is 6. The Morgan fingerprint density at radius 1 is 0.897 bits per heavy atom. The van der Waals surface area contributed by atoms with Crippen molar-refractivity contribution in [2.75, 3.05) is 6.61 Å². The molecule has 0 atom stereocenters. The molecule has 0 amide bonds. The molecule has 2 aliphatic carbocycles. The lowest BCUT2D eigenvalue weighted by molar-refractivity contribution is 0.153. The highest BCUT2D eigenvalue weighted by molar-refractivity contribution is 5.41. The van der Waals surface area contributed by atoms with Gasteiger partial charge in [0, 0.05) is 5.92 Å². The molecule has 1 aromatic rings. The van der Waals surface area contributed by atoms with E-state index in [-0.39, 0.29) is 11.3 Å². The van der Waals surface area contributed by atoms with Gasteiger partial charge < -0.3 is 4.74 Å². The maximum atomic E-state index is 14.2. The third-order valence-corrected chi connectivity index (χ3v) is 7.05. The topological polar surface area (TPSA) is 9.23 Å². The molecule has 29 heavy (non-hydrogen) atoms. The van der Waals surface area contributed by atoms with Gasteiger partial charge in [0.2, 0.25) is 5.82 Å². The summed E-state index contributed by atoms with van der Waals surface area (Å²) in [5, 5.41) is 0. The van der Waals surface area contributed by atoms with Gasteiger partial charge in [-0.3, -0.25) is 0 Å². The molecule has 0 aromatic heterocycles. The van der Waals surface area contributed by atoms with Crippen LogP contribution in [0, 0.1) is 47.1 Å². The predicted octanol–water partition coefficient (Wildman–Crippen LogP) is 7.52. The largest absolute Gasteiger partial charge is 0.491 e. The number of halogens is 2. The normalized spacial score (nSPS) is 27.2.